The second kappa shape index (κ2) is 4.15. The molecule has 0 saturated carbocycles. The number of anilines is 1. The van der Waals surface area contributed by atoms with Gasteiger partial charge in [0, 0.05) is 6.54 Å². The summed E-state index contributed by atoms with van der Waals surface area (Å²) in [4.78, 5) is 10.8. The second-order valence-corrected chi connectivity index (χ2v) is 2.94. The van der Waals surface area contributed by atoms with Crippen LogP contribution in [-0.4, -0.2) is 16.8 Å². The molecule has 0 saturated heterocycles. The average molecular weight is 186 g/mol. The summed E-state index contributed by atoms with van der Waals surface area (Å²) < 4.78 is 3.98. The largest absolute Gasteiger partial charge is 0.325 e. The topological polar surface area (TPSA) is 94.0 Å². The minimum atomic E-state index is -0.220. The number of hydrogen-bond acceptors (Lipinski definition) is 5. The number of carbonyl (C=O) groups is 1. The number of nitrogens with two attached hydrogens (primary N) is 2. The predicted octanol–water partition coefficient (Wildman–Crippen LogP) is -0.501. The zero-order valence-corrected chi connectivity index (χ0v) is 7.23. The highest BCUT2D eigenvalue weighted by Gasteiger charge is 2.02. The molecule has 0 radical (unpaired) electrons. The minimum absolute atomic E-state index is 0.0180. The van der Waals surface area contributed by atoms with Gasteiger partial charge in [-0.05, 0) is 17.6 Å². The molecule has 0 bridgehead atoms. The van der Waals surface area contributed by atoms with E-state index in [-0.39, 0.29) is 12.5 Å². The molecule has 0 unspecified atom stereocenters. The first-order valence-corrected chi connectivity index (χ1v) is 4.19. The van der Waals surface area contributed by atoms with Crippen LogP contribution < -0.4 is 16.8 Å². The number of rotatable bonds is 3. The zero-order valence-electron chi connectivity index (χ0n) is 6.41. The van der Waals surface area contributed by atoms with Crippen molar-refractivity contribution in [3.05, 3.63) is 11.8 Å². The molecule has 0 fully saturated rings. The van der Waals surface area contributed by atoms with E-state index in [2.05, 4.69) is 9.69 Å². The standard InChI is InChI=1S/C6H10N4OS/c7-2-4-1-6(12-10-4)9-5(11)3-8/h1H,2-3,7-8H2,(H,9,11). The number of aromatic nitrogens is 1. The van der Waals surface area contributed by atoms with Crippen molar-refractivity contribution in [2.45, 2.75) is 6.54 Å². The lowest BCUT2D eigenvalue weighted by Crippen LogP contribution is -2.21. The third kappa shape index (κ3) is 2.26. The van der Waals surface area contributed by atoms with Crippen LogP contribution in [-0.2, 0) is 11.3 Å². The monoisotopic (exact) mass is 186 g/mol. The molecular weight excluding hydrogens is 176 g/mol. The maximum atomic E-state index is 10.8. The van der Waals surface area contributed by atoms with Gasteiger partial charge in [0.25, 0.3) is 0 Å². The number of hydrogen-bond donors (Lipinski definition) is 3. The maximum absolute atomic E-state index is 10.8. The Morgan fingerprint density at radius 3 is 2.92 bits per heavy atom. The van der Waals surface area contributed by atoms with Crippen LogP contribution in [0.15, 0.2) is 6.07 Å². The van der Waals surface area contributed by atoms with Gasteiger partial charge in [0.1, 0.15) is 5.00 Å². The molecule has 66 valence electrons. The predicted molar refractivity (Wildman–Crippen MR) is 47.7 cm³/mol. The third-order valence-electron chi connectivity index (χ3n) is 1.22. The summed E-state index contributed by atoms with van der Waals surface area (Å²) in [6.45, 7) is 0.366. The van der Waals surface area contributed by atoms with E-state index < -0.39 is 0 Å². The third-order valence-corrected chi connectivity index (χ3v) is 1.96. The van der Waals surface area contributed by atoms with E-state index in [0.717, 1.165) is 5.69 Å². The van der Waals surface area contributed by atoms with Crippen molar-refractivity contribution in [3.63, 3.8) is 0 Å². The average Bonchev–Trinajstić information content (AvgIpc) is 2.52. The van der Waals surface area contributed by atoms with Gasteiger partial charge in [0.2, 0.25) is 5.91 Å². The molecule has 0 aliphatic carbocycles. The smallest absolute Gasteiger partial charge is 0.238 e. The molecule has 5 N–H and O–H groups in total. The Hall–Kier alpha value is -0.980. The van der Waals surface area contributed by atoms with Gasteiger partial charge in [-0.1, -0.05) is 0 Å². The van der Waals surface area contributed by atoms with Crippen molar-refractivity contribution in [1.82, 2.24) is 4.37 Å². The van der Waals surface area contributed by atoms with Crippen LogP contribution >= 0.6 is 11.5 Å². The molecule has 1 aromatic heterocycles. The summed E-state index contributed by atoms with van der Waals surface area (Å²) in [5, 5.41) is 3.27. The molecule has 1 aromatic rings. The molecule has 12 heavy (non-hydrogen) atoms. The van der Waals surface area contributed by atoms with Crippen molar-refractivity contribution in [2.75, 3.05) is 11.9 Å². The van der Waals surface area contributed by atoms with Crippen LogP contribution in [0.3, 0.4) is 0 Å². The normalized spacial score (nSPS) is 9.83. The minimum Gasteiger partial charge on any atom is -0.325 e. The van der Waals surface area contributed by atoms with Crippen LogP contribution in [0, 0.1) is 0 Å². The number of nitrogens with one attached hydrogen (secondary N) is 1. The molecule has 5 nitrogen and oxygen atoms in total. The molecule has 0 spiro atoms. The lowest BCUT2D eigenvalue weighted by molar-refractivity contribution is -0.114. The fourth-order valence-electron chi connectivity index (χ4n) is 0.655. The van der Waals surface area contributed by atoms with Crippen molar-refractivity contribution in [1.29, 1.82) is 0 Å². The molecule has 0 aromatic carbocycles. The Bertz CT molecular complexity index is 272. The summed E-state index contributed by atoms with van der Waals surface area (Å²) in [6, 6.07) is 1.73. The molecule has 1 rings (SSSR count). The van der Waals surface area contributed by atoms with Crippen LogP contribution in [0.25, 0.3) is 0 Å². The first-order chi connectivity index (χ1) is 5.76. The molecule has 0 atom stereocenters. The van der Waals surface area contributed by atoms with Gasteiger partial charge < -0.3 is 16.8 Å². The highest BCUT2D eigenvalue weighted by Crippen LogP contribution is 2.15. The van der Waals surface area contributed by atoms with Crippen molar-refractivity contribution < 1.29 is 4.79 Å². The Kier molecular flexibility index (Phi) is 3.15. The highest BCUT2D eigenvalue weighted by atomic mass is 32.1. The highest BCUT2D eigenvalue weighted by molar-refractivity contribution is 7.10. The molecule has 0 aliphatic rings. The van der Waals surface area contributed by atoms with Crippen LogP contribution in [0.1, 0.15) is 5.69 Å². The fourth-order valence-corrected chi connectivity index (χ4v) is 1.35. The summed E-state index contributed by atoms with van der Waals surface area (Å²) in [5.74, 6) is -0.220. The molecule has 0 aliphatic heterocycles. The zero-order chi connectivity index (χ0) is 8.97. The fraction of sp³-hybridized carbons (Fsp3) is 0.333. The Balaban J connectivity index is 2.58. The SMILES string of the molecule is NCC(=O)Nc1cc(CN)ns1. The second-order valence-electron chi connectivity index (χ2n) is 2.14. The van der Waals surface area contributed by atoms with Gasteiger partial charge >= 0.3 is 0 Å². The van der Waals surface area contributed by atoms with Gasteiger partial charge in [-0.3, -0.25) is 4.79 Å². The van der Waals surface area contributed by atoms with Crippen molar-refractivity contribution in [2.24, 2.45) is 11.5 Å². The number of carbonyl (C=O) groups excluding carboxylic acids is 1. The van der Waals surface area contributed by atoms with E-state index in [1.807, 2.05) is 0 Å². The molecule has 6 heteroatoms. The Labute approximate surface area is 73.9 Å². The molecular formula is C6H10N4OS. The van der Waals surface area contributed by atoms with E-state index in [1.165, 1.54) is 11.5 Å². The number of amides is 1. The van der Waals surface area contributed by atoms with Crippen LogP contribution in [0.2, 0.25) is 0 Å². The van der Waals surface area contributed by atoms with Crippen molar-refractivity contribution >= 4 is 22.4 Å². The Morgan fingerprint density at radius 1 is 1.67 bits per heavy atom. The van der Waals surface area contributed by atoms with Gasteiger partial charge in [-0.25, -0.2) is 0 Å². The van der Waals surface area contributed by atoms with Crippen molar-refractivity contribution in [3.8, 4) is 0 Å². The van der Waals surface area contributed by atoms with E-state index in [1.54, 1.807) is 6.07 Å². The van der Waals surface area contributed by atoms with Gasteiger partial charge in [0.05, 0.1) is 12.2 Å². The first-order valence-electron chi connectivity index (χ1n) is 3.42. The molecule has 1 amide bonds. The lowest BCUT2D eigenvalue weighted by Gasteiger charge is -1.95. The number of nitrogens with zero attached hydrogens (tertiary/aromatic N) is 1. The maximum Gasteiger partial charge on any atom is 0.238 e. The lowest BCUT2D eigenvalue weighted by atomic mass is 10.4. The van der Waals surface area contributed by atoms with E-state index in [9.17, 15) is 4.79 Å². The van der Waals surface area contributed by atoms with Gasteiger partial charge in [0.15, 0.2) is 0 Å². The van der Waals surface area contributed by atoms with Crippen LogP contribution in [0.4, 0.5) is 5.00 Å². The van der Waals surface area contributed by atoms with Gasteiger partial charge in [-0.2, -0.15) is 4.37 Å². The summed E-state index contributed by atoms with van der Waals surface area (Å²) in [7, 11) is 0. The molecule has 1 heterocycles. The van der Waals surface area contributed by atoms with Gasteiger partial charge in [-0.15, -0.1) is 0 Å². The Morgan fingerprint density at radius 2 is 2.42 bits per heavy atom. The van der Waals surface area contributed by atoms with Crippen LogP contribution in [0.5, 0.6) is 0 Å². The van der Waals surface area contributed by atoms with E-state index in [0.29, 0.717) is 11.5 Å². The summed E-state index contributed by atoms with van der Waals surface area (Å²) in [6.07, 6.45) is 0. The quantitative estimate of drug-likeness (QED) is 0.593. The van der Waals surface area contributed by atoms with E-state index in [4.69, 9.17) is 11.5 Å². The van der Waals surface area contributed by atoms with E-state index >= 15 is 0 Å². The summed E-state index contributed by atoms with van der Waals surface area (Å²) >= 11 is 1.20. The first kappa shape index (κ1) is 9.11. The summed E-state index contributed by atoms with van der Waals surface area (Å²) in [5.41, 5.74) is 11.2.